The molecular formula is C23H25N3O3. The molecule has 2 aromatic carbocycles. The Morgan fingerprint density at radius 3 is 2.24 bits per heavy atom. The molecule has 0 spiro atoms. The third-order valence-electron chi connectivity index (χ3n) is 5.80. The molecule has 150 valence electrons. The number of carbonyl (C=O) groups excluding carboxylic acids is 3. The second kappa shape index (κ2) is 7.79. The van der Waals surface area contributed by atoms with E-state index in [4.69, 9.17) is 5.73 Å². The standard InChI is InChI=1S/C23H25N3O3/c1-13(24)23(29)26-18-11-5-4-10-17(18)25-19-12-6-9-16-20(19)22(28)15-8-3-2-7-14(15)21(16)27/h2-3,6-9,12-13,17-18,25H,4-5,10-11,24H2,1H3,(H,26,29)/t13-,17?,18?/m0/s1. The van der Waals surface area contributed by atoms with Gasteiger partial charge in [-0.05, 0) is 25.8 Å². The van der Waals surface area contributed by atoms with Crippen molar-refractivity contribution >= 4 is 23.2 Å². The SMILES string of the molecule is C[C@H](N)C(=O)NC1CCCCC1Nc1cccc2c1C(=O)c1ccccc1C2=O. The van der Waals surface area contributed by atoms with Crippen LogP contribution in [0.4, 0.5) is 5.69 Å². The van der Waals surface area contributed by atoms with Crippen LogP contribution in [0.25, 0.3) is 0 Å². The fraction of sp³-hybridized carbons (Fsp3) is 0.348. The summed E-state index contributed by atoms with van der Waals surface area (Å²) >= 11 is 0. The summed E-state index contributed by atoms with van der Waals surface area (Å²) in [4.78, 5) is 38.2. The van der Waals surface area contributed by atoms with Crippen LogP contribution in [0.15, 0.2) is 42.5 Å². The molecule has 3 atom stereocenters. The van der Waals surface area contributed by atoms with E-state index < -0.39 is 6.04 Å². The normalized spacial score (nSPS) is 21.7. The number of ketones is 2. The van der Waals surface area contributed by atoms with E-state index in [2.05, 4.69) is 10.6 Å². The lowest BCUT2D eigenvalue weighted by Gasteiger charge is -2.34. The van der Waals surface area contributed by atoms with Gasteiger partial charge < -0.3 is 16.4 Å². The molecule has 6 heteroatoms. The molecule has 1 fully saturated rings. The van der Waals surface area contributed by atoms with E-state index in [0.717, 1.165) is 25.7 Å². The highest BCUT2D eigenvalue weighted by molar-refractivity contribution is 6.30. The van der Waals surface area contributed by atoms with Crippen LogP contribution in [0.3, 0.4) is 0 Å². The van der Waals surface area contributed by atoms with Gasteiger partial charge in [-0.2, -0.15) is 0 Å². The molecule has 2 aromatic rings. The molecule has 0 radical (unpaired) electrons. The Bertz CT molecular complexity index is 983. The minimum atomic E-state index is -0.572. The molecule has 0 aliphatic heterocycles. The Hall–Kier alpha value is -2.99. The smallest absolute Gasteiger partial charge is 0.236 e. The second-order valence-corrected chi connectivity index (χ2v) is 7.87. The number of fused-ring (bicyclic) bond motifs is 2. The third kappa shape index (κ3) is 3.56. The van der Waals surface area contributed by atoms with Crippen LogP contribution in [0.5, 0.6) is 0 Å². The van der Waals surface area contributed by atoms with Crippen molar-refractivity contribution in [2.24, 2.45) is 5.73 Å². The molecule has 4 rings (SSSR count). The molecule has 2 aliphatic rings. The topological polar surface area (TPSA) is 101 Å². The number of nitrogens with one attached hydrogen (secondary N) is 2. The van der Waals surface area contributed by atoms with Gasteiger partial charge in [-0.25, -0.2) is 0 Å². The quantitative estimate of drug-likeness (QED) is 0.635. The molecule has 2 aliphatic carbocycles. The Kier molecular flexibility index (Phi) is 5.20. The van der Waals surface area contributed by atoms with Crippen molar-refractivity contribution in [2.45, 2.75) is 50.7 Å². The monoisotopic (exact) mass is 391 g/mol. The van der Waals surface area contributed by atoms with E-state index >= 15 is 0 Å². The van der Waals surface area contributed by atoms with E-state index in [9.17, 15) is 14.4 Å². The van der Waals surface area contributed by atoms with Crippen LogP contribution >= 0.6 is 0 Å². The van der Waals surface area contributed by atoms with Gasteiger partial charge in [0.15, 0.2) is 11.6 Å². The van der Waals surface area contributed by atoms with Gasteiger partial charge in [-0.15, -0.1) is 0 Å². The van der Waals surface area contributed by atoms with Gasteiger partial charge in [0.05, 0.1) is 11.6 Å². The lowest BCUT2D eigenvalue weighted by atomic mass is 9.82. The molecule has 0 heterocycles. The first-order valence-corrected chi connectivity index (χ1v) is 10.1. The Morgan fingerprint density at radius 1 is 0.931 bits per heavy atom. The average Bonchev–Trinajstić information content (AvgIpc) is 2.73. The summed E-state index contributed by atoms with van der Waals surface area (Å²) in [5.41, 5.74) is 8.07. The fourth-order valence-electron chi connectivity index (χ4n) is 4.26. The molecule has 0 aromatic heterocycles. The van der Waals surface area contributed by atoms with Crippen LogP contribution in [-0.2, 0) is 4.79 Å². The maximum absolute atomic E-state index is 13.2. The van der Waals surface area contributed by atoms with Crippen LogP contribution in [0, 0.1) is 0 Å². The molecule has 0 saturated heterocycles. The van der Waals surface area contributed by atoms with Gasteiger partial charge in [0.1, 0.15) is 0 Å². The van der Waals surface area contributed by atoms with E-state index in [1.807, 2.05) is 6.07 Å². The summed E-state index contributed by atoms with van der Waals surface area (Å²) < 4.78 is 0. The van der Waals surface area contributed by atoms with Crippen molar-refractivity contribution in [1.82, 2.24) is 5.32 Å². The molecular weight excluding hydrogens is 366 g/mol. The Balaban J connectivity index is 1.66. The zero-order valence-electron chi connectivity index (χ0n) is 16.4. The van der Waals surface area contributed by atoms with Crippen molar-refractivity contribution in [1.29, 1.82) is 0 Å². The summed E-state index contributed by atoms with van der Waals surface area (Å²) in [6, 6.07) is 11.6. The average molecular weight is 391 g/mol. The van der Waals surface area contributed by atoms with Crippen molar-refractivity contribution < 1.29 is 14.4 Å². The number of hydrogen-bond acceptors (Lipinski definition) is 5. The molecule has 1 saturated carbocycles. The van der Waals surface area contributed by atoms with Crippen LogP contribution in [0.1, 0.15) is 64.4 Å². The Labute approximate surface area is 169 Å². The first-order chi connectivity index (χ1) is 14.0. The van der Waals surface area contributed by atoms with E-state index in [1.54, 1.807) is 43.3 Å². The van der Waals surface area contributed by atoms with Gasteiger partial charge >= 0.3 is 0 Å². The number of anilines is 1. The maximum atomic E-state index is 13.2. The summed E-state index contributed by atoms with van der Waals surface area (Å²) in [6.45, 7) is 1.66. The summed E-state index contributed by atoms with van der Waals surface area (Å²) in [6.07, 6.45) is 3.78. The van der Waals surface area contributed by atoms with Gasteiger partial charge in [-0.1, -0.05) is 49.2 Å². The van der Waals surface area contributed by atoms with Crippen LogP contribution in [-0.4, -0.2) is 35.6 Å². The Morgan fingerprint density at radius 2 is 1.55 bits per heavy atom. The number of benzene rings is 2. The number of rotatable bonds is 4. The first kappa shape index (κ1) is 19.3. The zero-order valence-corrected chi connectivity index (χ0v) is 16.4. The summed E-state index contributed by atoms with van der Waals surface area (Å²) in [5, 5.41) is 6.48. The summed E-state index contributed by atoms with van der Waals surface area (Å²) in [7, 11) is 0. The highest BCUT2D eigenvalue weighted by Crippen LogP contribution is 2.33. The van der Waals surface area contributed by atoms with Gasteiger partial charge in [0.25, 0.3) is 0 Å². The molecule has 4 N–H and O–H groups in total. The third-order valence-corrected chi connectivity index (χ3v) is 5.80. The van der Waals surface area contributed by atoms with E-state index in [0.29, 0.717) is 27.9 Å². The lowest BCUT2D eigenvalue weighted by molar-refractivity contribution is -0.123. The van der Waals surface area contributed by atoms with E-state index in [1.165, 1.54) is 0 Å². The molecule has 6 nitrogen and oxygen atoms in total. The largest absolute Gasteiger partial charge is 0.380 e. The molecule has 0 bridgehead atoms. The lowest BCUT2D eigenvalue weighted by Crippen LogP contribution is -2.52. The van der Waals surface area contributed by atoms with Crippen LogP contribution < -0.4 is 16.4 Å². The van der Waals surface area contributed by atoms with Crippen molar-refractivity contribution in [3.05, 3.63) is 64.7 Å². The molecule has 29 heavy (non-hydrogen) atoms. The van der Waals surface area contributed by atoms with E-state index in [-0.39, 0.29) is 29.6 Å². The van der Waals surface area contributed by atoms with Crippen molar-refractivity contribution in [3.63, 3.8) is 0 Å². The van der Waals surface area contributed by atoms with Crippen molar-refractivity contribution in [2.75, 3.05) is 5.32 Å². The highest BCUT2D eigenvalue weighted by atomic mass is 16.2. The number of carbonyl (C=O) groups is 3. The first-order valence-electron chi connectivity index (χ1n) is 10.1. The number of amides is 1. The number of hydrogen-bond donors (Lipinski definition) is 3. The minimum absolute atomic E-state index is 0.0296. The van der Waals surface area contributed by atoms with Crippen molar-refractivity contribution in [3.8, 4) is 0 Å². The predicted molar refractivity (Wildman–Crippen MR) is 111 cm³/mol. The van der Waals surface area contributed by atoms with Gasteiger partial charge in [0.2, 0.25) is 5.91 Å². The zero-order chi connectivity index (χ0) is 20.5. The summed E-state index contributed by atoms with van der Waals surface area (Å²) in [5.74, 6) is -0.464. The fourth-order valence-corrected chi connectivity index (χ4v) is 4.26. The highest BCUT2D eigenvalue weighted by Gasteiger charge is 2.33. The van der Waals surface area contributed by atoms with Gasteiger partial charge in [-0.3, -0.25) is 14.4 Å². The minimum Gasteiger partial charge on any atom is -0.380 e. The number of nitrogens with two attached hydrogens (primary N) is 1. The van der Waals surface area contributed by atoms with Crippen LogP contribution in [0.2, 0.25) is 0 Å². The predicted octanol–water partition coefficient (Wildman–Crippen LogP) is 2.65. The second-order valence-electron chi connectivity index (χ2n) is 7.87. The maximum Gasteiger partial charge on any atom is 0.236 e. The van der Waals surface area contributed by atoms with Gasteiger partial charge in [0, 0.05) is 34.5 Å². The molecule has 1 amide bonds. The molecule has 2 unspecified atom stereocenters.